The van der Waals surface area contributed by atoms with Crippen molar-refractivity contribution in [1.29, 1.82) is 0 Å². The van der Waals surface area contributed by atoms with Crippen molar-refractivity contribution in [3.63, 3.8) is 0 Å². The van der Waals surface area contributed by atoms with Gasteiger partial charge in [0.25, 0.3) is 0 Å². The highest BCUT2D eigenvalue weighted by atomic mass is 16.5. The first-order valence-electron chi connectivity index (χ1n) is 6.85. The highest BCUT2D eigenvalue weighted by Gasteiger charge is 2.20. The maximum atomic E-state index is 5.69. The summed E-state index contributed by atoms with van der Waals surface area (Å²) in [6, 6.07) is 4.03. The summed E-state index contributed by atoms with van der Waals surface area (Å²) in [6.45, 7) is 4.26. The molecule has 0 spiro atoms. The van der Waals surface area contributed by atoms with Gasteiger partial charge in [-0.1, -0.05) is 6.07 Å². The van der Waals surface area contributed by atoms with Gasteiger partial charge in [0.2, 0.25) is 5.88 Å². The average Bonchev–Trinajstić information content (AvgIpc) is 2.47. The van der Waals surface area contributed by atoms with E-state index in [0.29, 0.717) is 19.3 Å². The van der Waals surface area contributed by atoms with Crippen molar-refractivity contribution in [3.8, 4) is 5.88 Å². The SMILES string of the molecule is COc1ncccc1CN1CCC(OCCN)CC1. The van der Waals surface area contributed by atoms with Crippen molar-refractivity contribution in [1.82, 2.24) is 9.88 Å². The molecule has 106 valence electrons. The summed E-state index contributed by atoms with van der Waals surface area (Å²) in [7, 11) is 1.67. The van der Waals surface area contributed by atoms with Crippen LogP contribution in [0, 0.1) is 0 Å². The predicted molar refractivity (Wildman–Crippen MR) is 74.1 cm³/mol. The van der Waals surface area contributed by atoms with Gasteiger partial charge in [-0.3, -0.25) is 4.90 Å². The molecule has 5 nitrogen and oxygen atoms in total. The number of rotatable bonds is 6. The molecule has 19 heavy (non-hydrogen) atoms. The van der Waals surface area contributed by atoms with Crippen molar-refractivity contribution < 1.29 is 9.47 Å². The number of likely N-dealkylation sites (tertiary alicyclic amines) is 1. The Kier molecular flexibility index (Phi) is 5.57. The molecule has 0 saturated carbocycles. The largest absolute Gasteiger partial charge is 0.481 e. The zero-order valence-electron chi connectivity index (χ0n) is 11.5. The first kappa shape index (κ1) is 14.2. The first-order chi connectivity index (χ1) is 9.33. The highest BCUT2D eigenvalue weighted by molar-refractivity contribution is 5.25. The highest BCUT2D eigenvalue weighted by Crippen LogP contribution is 2.20. The van der Waals surface area contributed by atoms with Crippen LogP contribution in [0.25, 0.3) is 0 Å². The van der Waals surface area contributed by atoms with Crippen molar-refractivity contribution in [2.75, 3.05) is 33.4 Å². The van der Waals surface area contributed by atoms with Crippen LogP contribution in [-0.4, -0.2) is 49.3 Å². The van der Waals surface area contributed by atoms with E-state index >= 15 is 0 Å². The van der Waals surface area contributed by atoms with Crippen molar-refractivity contribution in [2.45, 2.75) is 25.5 Å². The van der Waals surface area contributed by atoms with Crippen LogP contribution in [0.5, 0.6) is 5.88 Å². The topological polar surface area (TPSA) is 60.6 Å². The van der Waals surface area contributed by atoms with Gasteiger partial charge in [-0.15, -0.1) is 0 Å². The minimum atomic E-state index is 0.371. The quantitative estimate of drug-likeness (QED) is 0.832. The number of nitrogens with zero attached hydrogens (tertiary/aromatic N) is 2. The van der Waals surface area contributed by atoms with E-state index in [0.717, 1.165) is 43.9 Å². The molecule has 5 heteroatoms. The third kappa shape index (κ3) is 4.16. The molecule has 0 unspecified atom stereocenters. The number of piperidine rings is 1. The van der Waals surface area contributed by atoms with Crippen molar-refractivity contribution in [2.24, 2.45) is 5.73 Å². The van der Waals surface area contributed by atoms with E-state index in [-0.39, 0.29) is 0 Å². The van der Waals surface area contributed by atoms with E-state index in [4.69, 9.17) is 15.2 Å². The van der Waals surface area contributed by atoms with Gasteiger partial charge >= 0.3 is 0 Å². The molecular weight excluding hydrogens is 242 g/mol. The van der Waals surface area contributed by atoms with Crippen LogP contribution in [0.4, 0.5) is 0 Å². The molecule has 1 aliphatic rings. The molecule has 0 radical (unpaired) electrons. The number of hydrogen-bond donors (Lipinski definition) is 1. The Morgan fingerprint density at radius 1 is 1.42 bits per heavy atom. The van der Waals surface area contributed by atoms with E-state index in [9.17, 15) is 0 Å². The fourth-order valence-corrected chi connectivity index (χ4v) is 2.44. The Morgan fingerprint density at radius 3 is 2.89 bits per heavy atom. The van der Waals surface area contributed by atoms with E-state index in [1.165, 1.54) is 0 Å². The predicted octanol–water partition coefficient (Wildman–Crippen LogP) is 1.03. The Balaban J connectivity index is 1.82. The van der Waals surface area contributed by atoms with Crippen LogP contribution in [-0.2, 0) is 11.3 Å². The van der Waals surface area contributed by atoms with Gasteiger partial charge in [0.05, 0.1) is 19.8 Å². The summed E-state index contributed by atoms with van der Waals surface area (Å²) in [5.41, 5.74) is 6.60. The third-order valence-corrected chi connectivity index (χ3v) is 3.44. The Hall–Kier alpha value is -1.17. The summed E-state index contributed by atoms with van der Waals surface area (Å²) >= 11 is 0. The molecule has 2 heterocycles. The van der Waals surface area contributed by atoms with Gasteiger partial charge in [-0.2, -0.15) is 0 Å². The van der Waals surface area contributed by atoms with E-state index in [1.54, 1.807) is 13.3 Å². The molecule has 1 aliphatic heterocycles. The minimum absolute atomic E-state index is 0.371. The summed E-state index contributed by atoms with van der Waals surface area (Å²) in [5.74, 6) is 0.726. The molecule has 1 aromatic heterocycles. The van der Waals surface area contributed by atoms with Crippen molar-refractivity contribution in [3.05, 3.63) is 23.9 Å². The van der Waals surface area contributed by atoms with Gasteiger partial charge in [0, 0.05) is 37.9 Å². The summed E-state index contributed by atoms with van der Waals surface area (Å²) in [4.78, 5) is 6.65. The average molecular weight is 265 g/mol. The van der Waals surface area contributed by atoms with Crippen molar-refractivity contribution >= 4 is 0 Å². The summed E-state index contributed by atoms with van der Waals surface area (Å²) in [6.07, 6.45) is 4.27. The smallest absolute Gasteiger partial charge is 0.217 e. The number of nitrogens with two attached hydrogens (primary N) is 1. The number of aromatic nitrogens is 1. The van der Waals surface area contributed by atoms with E-state index < -0.39 is 0 Å². The first-order valence-corrected chi connectivity index (χ1v) is 6.85. The molecule has 2 N–H and O–H groups in total. The molecule has 0 atom stereocenters. The molecule has 0 aromatic carbocycles. The second-order valence-electron chi connectivity index (χ2n) is 4.81. The number of methoxy groups -OCH3 is 1. The lowest BCUT2D eigenvalue weighted by atomic mass is 10.1. The molecule has 0 bridgehead atoms. The number of hydrogen-bond acceptors (Lipinski definition) is 5. The van der Waals surface area contributed by atoms with Crippen LogP contribution in [0.2, 0.25) is 0 Å². The van der Waals surface area contributed by atoms with Crippen LogP contribution >= 0.6 is 0 Å². The zero-order valence-corrected chi connectivity index (χ0v) is 11.5. The minimum Gasteiger partial charge on any atom is -0.481 e. The van der Waals surface area contributed by atoms with Crippen LogP contribution in [0.15, 0.2) is 18.3 Å². The standard InChI is InChI=1S/C14H23N3O2/c1-18-14-12(3-2-7-16-14)11-17-8-4-13(5-9-17)19-10-6-15/h2-3,7,13H,4-6,8-11,15H2,1H3. The molecule has 0 aliphatic carbocycles. The summed E-state index contributed by atoms with van der Waals surface area (Å²) in [5, 5.41) is 0. The lowest BCUT2D eigenvalue weighted by Crippen LogP contribution is -2.37. The van der Waals surface area contributed by atoms with Gasteiger partial charge in [-0.25, -0.2) is 4.98 Å². The number of pyridine rings is 1. The van der Waals surface area contributed by atoms with E-state index in [1.807, 2.05) is 6.07 Å². The molecular formula is C14H23N3O2. The zero-order chi connectivity index (χ0) is 13.5. The normalized spacial score (nSPS) is 17.6. The molecule has 1 aromatic rings. The van der Waals surface area contributed by atoms with Gasteiger partial charge in [0.1, 0.15) is 0 Å². The second-order valence-corrected chi connectivity index (χ2v) is 4.81. The molecule has 1 fully saturated rings. The lowest BCUT2D eigenvalue weighted by Gasteiger charge is -2.31. The Labute approximate surface area is 114 Å². The van der Waals surface area contributed by atoms with Gasteiger partial charge < -0.3 is 15.2 Å². The van der Waals surface area contributed by atoms with E-state index in [2.05, 4.69) is 16.0 Å². The summed E-state index contributed by atoms with van der Waals surface area (Å²) < 4.78 is 11.0. The third-order valence-electron chi connectivity index (χ3n) is 3.44. The monoisotopic (exact) mass is 265 g/mol. The van der Waals surface area contributed by atoms with Crippen LogP contribution in [0.3, 0.4) is 0 Å². The lowest BCUT2D eigenvalue weighted by molar-refractivity contribution is 0.00964. The maximum absolute atomic E-state index is 5.69. The second kappa shape index (κ2) is 7.43. The molecule has 1 saturated heterocycles. The van der Waals surface area contributed by atoms with Crippen LogP contribution < -0.4 is 10.5 Å². The maximum Gasteiger partial charge on any atom is 0.217 e. The van der Waals surface area contributed by atoms with Gasteiger partial charge in [-0.05, 0) is 18.9 Å². The number of ether oxygens (including phenoxy) is 2. The fraction of sp³-hybridized carbons (Fsp3) is 0.643. The molecule has 0 amide bonds. The fourth-order valence-electron chi connectivity index (χ4n) is 2.44. The van der Waals surface area contributed by atoms with Gasteiger partial charge in [0.15, 0.2) is 0 Å². The van der Waals surface area contributed by atoms with Crippen LogP contribution in [0.1, 0.15) is 18.4 Å². The Morgan fingerprint density at radius 2 is 2.21 bits per heavy atom. The molecule has 2 rings (SSSR count). The Bertz CT molecular complexity index is 379.